The molecule has 0 heterocycles. The molecule has 2 N–H and O–H groups in total. The van der Waals surface area contributed by atoms with Crippen molar-refractivity contribution in [3.63, 3.8) is 0 Å². The summed E-state index contributed by atoms with van der Waals surface area (Å²) < 4.78 is 1.18. The number of aromatic hydroxyl groups is 1. The molecule has 0 spiro atoms. The van der Waals surface area contributed by atoms with Gasteiger partial charge in [-0.1, -0.05) is 24.3 Å². The first-order valence-electron chi connectivity index (χ1n) is 5.67. The van der Waals surface area contributed by atoms with Crippen LogP contribution in [0.15, 0.2) is 45.3 Å². The van der Waals surface area contributed by atoms with E-state index in [-0.39, 0.29) is 11.3 Å². The molecule has 2 aromatic rings. The molecule has 0 saturated carbocycles. The highest BCUT2D eigenvalue weighted by molar-refractivity contribution is 9.11. The maximum Gasteiger partial charge on any atom is 0.335 e. The molecule has 0 bridgehead atoms. The SMILES string of the molecule is O=C(O)c1cccc(/C=C/c2cc(Br)c(O)c(Br)c2)c1. The van der Waals surface area contributed by atoms with Gasteiger partial charge in [0.05, 0.1) is 14.5 Å². The molecule has 0 fully saturated rings. The van der Waals surface area contributed by atoms with Crippen molar-refractivity contribution in [2.45, 2.75) is 0 Å². The summed E-state index contributed by atoms with van der Waals surface area (Å²) in [6, 6.07) is 10.2. The highest BCUT2D eigenvalue weighted by Gasteiger charge is 2.04. The number of aromatic carboxylic acids is 1. The van der Waals surface area contributed by atoms with Crippen LogP contribution in [0.3, 0.4) is 0 Å². The molecule has 0 atom stereocenters. The fourth-order valence-electron chi connectivity index (χ4n) is 1.65. The van der Waals surface area contributed by atoms with Gasteiger partial charge in [-0.3, -0.25) is 0 Å². The first-order chi connectivity index (χ1) is 9.47. The van der Waals surface area contributed by atoms with Crippen LogP contribution >= 0.6 is 31.9 Å². The fourth-order valence-corrected chi connectivity index (χ4v) is 2.87. The summed E-state index contributed by atoms with van der Waals surface area (Å²) in [5, 5.41) is 18.6. The minimum atomic E-state index is -0.949. The summed E-state index contributed by atoms with van der Waals surface area (Å²) in [5.41, 5.74) is 1.92. The molecule has 3 nitrogen and oxygen atoms in total. The number of halogens is 2. The Morgan fingerprint density at radius 3 is 2.20 bits per heavy atom. The van der Waals surface area contributed by atoms with Gasteiger partial charge in [0.2, 0.25) is 0 Å². The second kappa shape index (κ2) is 6.24. The maximum absolute atomic E-state index is 10.9. The Morgan fingerprint density at radius 2 is 1.60 bits per heavy atom. The zero-order valence-corrected chi connectivity index (χ0v) is 13.3. The van der Waals surface area contributed by atoms with Crippen molar-refractivity contribution < 1.29 is 15.0 Å². The van der Waals surface area contributed by atoms with Crippen molar-refractivity contribution in [3.05, 3.63) is 62.0 Å². The minimum absolute atomic E-state index is 0.148. The molecule has 0 aliphatic rings. The topological polar surface area (TPSA) is 57.5 Å². The van der Waals surface area contributed by atoms with Crippen molar-refractivity contribution in [1.29, 1.82) is 0 Å². The lowest BCUT2D eigenvalue weighted by Crippen LogP contribution is -1.95. The number of phenolic OH excluding ortho intramolecular Hbond substituents is 1. The maximum atomic E-state index is 10.9. The second-order valence-electron chi connectivity index (χ2n) is 4.10. The smallest absolute Gasteiger partial charge is 0.335 e. The zero-order chi connectivity index (χ0) is 14.7. The monoisotopic (exact) mass is 396 g/mol. The third kappa shape index (κ3) is 3.49. The second-order valence-corrected chi connectivity index (χ2v) is 5.81. The average molecular weight is 398 g/mol. The van der Waals surface area contributed by atoms with E-state index in [1.54, 1.807) is 30.3 Å². The Labute approximate surface area is 132 Å². The Hall–Kier alpha value is -1.59. The van der Waals surface area contributed by atoms with Gasteiger partial charge in [0.25, 0.3) is 0 Å². The molecule has 0 aliphatic carbocycles. The van der Waals surface area contributed by atoms with Gasteiger partial charge in [-0.2, -0.15) is 0 Å². The summed E-state index contributed by atoms with van der Waals surface area (Å²) >= 11 is 6.52. The number of phenols is 1. The average Bonchev–Trinajstić information content (AvgIpc) is 2.42. The highest BCUT2D eigenvalue weighted by atomic mass is 79.9. The standard InChI is InChI=1S/C15H10Br2O3/c16-12-7-10(8-13(17)14(12)18)5-4-9-2-1-3-11(6-9)15(19)20/h1-8,18H,(H,19,20)/b5-4+. The molecule has 0 saturated heterocycles. The molecular formula is C15H10Br2O3. The van der Waals surface area contributed by atoms with Gasteiger partial charge in [-0.15, -0.1) is 0 Å². The van der Waals surface area contributed by atoms with E-state index in [0.29, 0.717) is 8.95 Å². The van der Waals surface area contributed by atoms with E-state index in [2.05, 4.69) is 31.9 Å². The van der Waals surface area contributed by atoms with E-state index in [1.165, 1.54) is 0 Å². The molecule has 0 aromatic heterocycles. The molecule has 0 aliphatic heterocycles. The lowest BCUT2D eigenvalue weighted by molar-refractivity contribution is 0.0697. The molecule has 2 aromatic carbocycles. The highest BCUT2D eigenvalue weighted by Crippen LogP contribution is 2.33. The van der Waals surface area contributed by atoms with Gasteiger partial charge in [0.1, 0.15) is 5.75 Å². The van der Waals surface area contributed by atoms with Gasteiger partial charge in [0.15, 0.2) is 0 Å². The Kier molecular flexibility index (Phi) is 4.62. The molecule has 102 valence electrons. The molecule has 2 rings (SSSR count). The summed E-state index contributed by atoms with van der Waals surface area (Å²) in [6.07, 6.45) is 3.66. The van der Waals surface area contributed by atoms with Crippen LogP contribution in [0.25, 0.3) is 12.2 Å². The van der Waals surface area contributed by atoms with Crippen LogP contribution in [-0.2, 0) is 0 Å². The minimum Gasteiger partial charge on any atom is -0.506 e. The van der Waals surface area contributed by atoms with Crippen molar-refractivity contribution in [3.8, 4) is 5.75 Å². The van der Waals surface area contributed by atoms with Gasteiger partial charge >= 0.3 is 5.97 Å². The van der Waals surface area contributed by atoms with Crippen molar-refractivity contribution in [2.24, 2.45) is 0 Å². The predicted octanol–water partition coefficient (Wildman–Crippen LogP) is 4.79. The van der Waals surface area contributed by atoms with Crippen LogP contribution in [-0.4, -0.2) is 16.2 Å². The summed E-state index contributed by atoms with van der Waals surface area (Å²) in [4.78, 5) is 10.9. The molecule has 0 radical (unpaired) electrons. The van der Waals surface area contributed by atoms with Crippen LogP contribution in [0.1, 0.15) is 21.5 Å². The molecule has 0 unspecified atom stereocenters. The number of carbonyl (C=O) groups is 1. The van der Waals surface area contributed by atoms with Crippen LogP contribution in [0.5, 0.6) is 5.75 Å². The Bertz CT molecular complexity index is 670. The fraction of sp³-hybridized carbons (Fsp3) is 0. The van der Waals surface area contributed by atoms with E-state index in [4.69, 9.17) is 5.11 Å². The van der Waals surface area contributed by atoms with E-state index in [1.807, 2.05) is 18.2 Å². The van der Waals surface area contributed by atoms with Crippen molar-refractivity contribution in [1.82, 2.24) is 0 Å². The number of carboxylic acid groups (broad SMARTS) is 1. The van der Waals surface area contributed by atoms with Gasteiger partial charge in [-0.25, -0.2) is 4.79 Å². The molecular weight excluding hydrogens is 388 g/mol. The third-order valence-electron chi connectivity index (χ3n) is 2.64. The van der Waals surface area contributed by atoms with Crippen LogP contribution < -0.4 is 0 Å². The predicted molar refractivity (Wildman–Crippen MR) is 85.8 cm³/mol. The van der Waals surface area contributed by atoms with Gasteiger partial charge in [0, 0.05) is 0 Å². The third-order valence-corrected chi connectivity index (χ3v) is 3.85. The van der Waals surface area contributed by atoms with Gasteiger partial charge < -0.3 is 10.2 Å². The number of hydrogen-bond acceptors (Lipinski definition) is 2. The summed E-state index contributed by atoms with van der Waals surface area (Å²) in [7, 11) is 0. The molecule has 5 heteroatoms. The van der Waals surface area contributed by atoms with E-state index in [0.717, 1.165) is 11.1 Å². The summed E-state index contributed by atoms with van der Waals surface area (Å²) in [6.45, 7) is 0. The Balaban J connectivity index is 2.30. The Morgan fingerprint density at radius 1 is 1.00 bits per heavy atom. The normalized spacial score (nSPS) is 10.9. The number of carboxylic acids is 1. The van der Waals surface area contributed by atoms with Gasteiger partial charge in [-0.05, 0) is 67.3 Å². The largest absolute Gasteiger partial charge is 0.506 e. The van der Waals surface area contributed by atoms with Crippen LogP contribution in [0.4, 0.5) is 0 Å². The van der Waals surface area contributed by atoms with Crippen molar-refractivity contribution in [2.75, 3.05) is 0 Å². The van der Waals surface area contributed by atoms with E-state index >= 15 is 0 Å². The quantitative estimate of drug-likeness (QED) is 0.732. The number of hydrogen-bond donors (Lipinski definition) is 2. The van der Waals surface area contributed by atoms with E-state index in [9.17, 15) is 9.90 Å². The molecule has 20 heavy (non-hydrogen) atoms. The van der Waals surface area contributed by atoms with E-state index < -0.39 is 5.97 Å². The number of benzene rings is 2. The summed E-state index contributed by atoms with van der Waals surface area (Å²) in [5.74, 6) is -0.801. The van der Waals surface area contributed by atoms with Crippen molar-refractivity contribution >= 4 is 50.0 Å². The molecule has 0 amide bonds. The first kappa shape index (κ1) is 14.8. The zero-order valence-electron chi connectivity index (χ0n) is 10.2. The lowest BCUT2D eigenvalue weighted by atomic mass is 10.1. The van der Waals surface area contributed by atoms with Crippen LogP contribution in [0, 0.1) is 0 Å². The van der Waals surface area contributed by atoms with Crippen LogP contribution in [0.2, 0.25) is 0 Å². The first-order valence-corrected chi connectivity index (χ1v) is 7.25. The lowest BCUT2D eigenvalue weighted by Gasteiger charge is -2.02. The number of rotatable bonds is 3.